The Morgan fingerprint density at radius 2 is 1.89 bits per heavy atom. The fourth-order valence-corrected chi connectivity index (χ4v) is 1.86. The van der Waals surface area contributed by atoms with Crippen LogP contribution in [0.4, 0.5) is 0 Å². The Kier molecular flexibility index (Phi) is 10.6. The van der Waals surface area contributed by atoms with Crippen molar-refractivity contribution in [2.45, 2.75) is 53.0 Å². The minimum absolute atomic E-state index is 0.480. The van der Waals surface area contributed by atoms with Crippen molar-refractivity contribution in [2.75, 3.05) is 33.7 Å². The summed E-state index contributed by atoms with van der Waals surface area (Å²) in [6, 6.07) is 0.480. The SMILES string of the molecule is CCN(C)CCNC(=NC)NC(C)CCCC(C)C. The van der Waals surface area contributed by atoms with E-state index in [1.165, 1.54) is 19.3 Å². The molecule has 0 heterocycles. The Labute approximate surface area is 120 Å². The van der Waals surface area contributed by atoms with Gasteiger partial charge in [0.25, 0.3) is 0 Å². The lowest BCUT2D eigenvalue weighted by molar-refractivity contribution is 0.356. The van der Waals surface area contributed by atoms with Crippen LogP contribution in [0.1, 0.15) is 47.0 Å². The second kappa shape index (κ2) is 11.1. The first-order chi connectivity index (χ1) is 8.99. The van der Waals surface area contributed by atoms with Gasteiger partial charge in [-0.1, -0.05) is 33.6 Å². The van der Waals surface area contributed by atoms with Gasteiger partial charge in [-0.3, -0.25) is 4.99 Å². The van der Waals surface area contributed by atoms with E-state index in [1.807, 2.05) is 7.05 Å². The minimum atomic E-state index is 0.480. The van der Waals surface area contributed by atoms with Crippen LogP contribution < -0.4 is 10.6 Å². The molecule has 1 unspecified atom stereocenters. The zero-order valence-electron chi connectivity index (χ0n) is 13.8. The van der Waals surface area contributed by atoms with Crippen molar-refractivity contribution < 1.29 is 0 Å². The van der Waals surface area contributed by atoms with E-state index in [0.717, 1.165) is 31.5 Å². The number of hydrogen-bond donors (Lipinski definition) is 2. The fraction of sp³-hybridized carbons (Fsp3) is 0.933. The summed E-state index contributed by atoms with van der Waals surface area (Å²) in [6.45, 7) is 12.0. The van der Waals surface area contributed by atoms with Crippen molar-refractivity contribution in [3.63, 3.8) is 0 Å². The Balaban J connectivity index is 3.79. The summed E-state index contributed by atoms with van der Waals surface area (Å²) in [5.74, 6) is 1.72. The Morgan fingerprint density at radius 3 is 2.42 bits per heavy atom. The topological polar surface area (TPSA) is 39.7 Å². The van der Waals surface area contributed by atoms with Crippen molar-refractivity contribution in [3.8, 4) is 0 Å². The van der Waals surface area contributed by atoms with E-state index in [4.69, 9.17) is 0 Å². The number of rotatable bonds is 9. The third-order valence-corrected chi connectivity index (χ3v) is 3.35. The summed E-state index contributed by atoms with van der Waals surface area (Å²) < 4.78 is 0. The highest BCUT2D eigenvalue weighted by molar-refractivity contribution is 5.79. The number of nitrogens with zero attached hydrogens (tertiary/aromatic N) is 2. The molecule has 0 spiro atoms. The highest BCUT2D eigenvalue weighted by atomic mass is 15.2. The van der Waals surface area contributed by atoms with Crippen LogP contribution in [0.5, 0.6) is 0 Å². The van der Waals surface area contributed by atoms with Gasteiger partial charge in [0.05, 0.1) is 0 Å². The molecule has 0 aliphatic heterocycles. The van der Waals surface area contributed by atoms with E-state index in [2.05, 4.69) is 55.3 Å². The zero-order valence-corrected chi connectivity index (χ0v) is 13.8. The molecule has 0 aromatic rings. The summed E-state index contributed by atoms with van der Waals surface area (Å²) in [5.41, 5.74) is 0. The van der Waals surface area contributed by atoms with E-state index in [0.29, 0.717) is 6.04 Å². The molecule has 4 nitrogen and oxygen atoms in total. The summed E-state index contributed by atoms with van der Waals surface area (Å²) in [4.78, 5) is 6.55. The zero-order chi connectivity index (χ0) is 14.7. The van der Waals surface area contributed by atoms with Crippen LogP contribution in [0.2, 0.25) is 0 Å². The molecule has 0 aliphatic rings. The summed E-state index contributed by atoms with van der Waals surface area (Å²) in [5, 5.41) is 6.81. The molecule has 0 aromatic heterocycles. The van der Waals surface area contributed by atoms with Crippen LogP contribution in [-0.2, 0) is 0 Å². The third kappa shape index (κ3) is 10.8. The first-order valence-electron chi connectivity index (χ1n) is 7.65. The molecule has 0 aliphatic carbocycles. The predicted octanol–water partition coefficient (Wildman–Crippen LogP) is 2.32. The van der Waals surface area contributed by atoms with Gasteiger partial charge in [0.1, 0.15) is 0 Å². The molecule has 4 heteroatoms. The highest BCUT2D eigenvalue weighted by Gasteiger charge is 2.05. The maximum absolute atomic E-state index is 4.27. The summed E-state index contributed by atoms with van der Waals surface area (Å²) in [6.07, 6.45) is 3.79. The lowest BCUT2D eigenvalue weighted by Gasteiger charge is -2.20. The number of likely N-dealkylation sites (N-methyl/N-ethyl adjacent to an activating group) is 1. The summed E-state index contributed by atoms with van der Waals surface area (Å²) in [7, 11) is 3.96. The molecule has 19 heavy (non-hydrogen) atoms. The van der Waals surface area contributed by atoms with Crippen molar-refractivity contribution in [2.24, 2.45) is 10.9 Å². The molecule has 1 atom stereocenters. The molecule has 0 saturated carbocycles. The molecule has 0 radical (unpaired) electrons. The maximum atomic E-state index is 4.27. The van der Waals surface area contributed by atoms with Crippen LogP contribution in [0.25, 0.3) is 0 Å². The van der Waals surface area contributed by atoms with Gasteiger partial charge < -0.3 is 15.5 Å². The van der Waals surface area contributed by atoms with Gasteiger partial charge in [-0.2, -0.15) is 0 Å². The van der Waals surface area contributed by atoms with E-state index in [1.54, 1.807) is 0 Å². The second-order valence-electron chi connectivity index (χ2n) is 5.77. The van der Waals surface area contributed by atoms with E-state index >= 15 is 0 Å². The number of nitrogens with one attached hydrogen (secondary N) is 2. The van der Waals surface area contributed by atoms with Gasteiger partial charge in [0, 0.05) is 26.2 Å². The van der Waals surface area contributed by atoms with Crippen LogP contribution in [-0.4, -0.2) is 50.6 Å². The average molecular weight is 270 g/mol. The third-order valence-electron chi connectivity index (χ3n) is 3.35. The lowest BCUT2D eigenvalue weighted by atomic mass is 10.0. The smallest absolute Gasteiger partial charge is 0.191 e. The number of hydrogen-bond acceptors (Lipinski definition) is 2. The van der Waals surface area contributed by atoms with Crippen molar-refractivity contribution in [3.05, 3.63) is 0 Å². The van der Waals surface area contributed by atoms with Crippen LogP contribution in [0.15, 0.2) is 4.99 Å². The van der Waals surface area contributed by atoms with Crippen molar-refractivity contribution in [1.82, 2.24) is 15.5 Å². The number of guanidine groups is 1. The monoisotopic (exact) mass is 270 g/mol. The maximum Gasteiger partial charge on any atom is 0.191 e. The van der Waals surface area contributed by atoms with Gasteiger partial charge in [-0.05, 0) is 32.9 Å². The second-order valence-corrected chi connectivity index (χ2v) is 5.77. The molecule has 0 saturated heterocycles. The van der Waals surface area contributed by atoms with Crippen LogP contribution in [0, 0.1) is 5.92 Å². The van der Waals surface area contributed by atoms with E-state index in [-0.39, 0.29) is 0 Å². The predicted molar refractivity (Wildman–Crippen MR) is 85.8 cm³/mol. The minimum Gasteiger partial charge on any atom is -0.355 e. The van der Waals surface area contributed by atoms with Gasteiger partial charge in [-0.25, -0.2) is 0 Å². The molecule has 0 rings (SSSR count). The first-order valence-corrected chi connectivity index (χ1v) is 7.65. The molecule has 2 N–H and O–H groups in total. The highest BCUT2D eigenvalue weighted by Crippen LogP contribution is 2.07. The average Bonchev–Trinajstić information content (AvgIpc) is 2.36. The molecule has 0 fully saturated rings. The molecule has 114 valence electrons. The van der Waals surface area contributed by atoms with E-state index in [9.17, 15) is 0 Å². The molecule has 0 amide bonds. The quantitative estimate of drug-likeness (QED) is 0.499. The van der Waals surface area contributed by atoms with Gasteiger partial charge in [0.2, 0.25) is 0 Å². The summed E-state index contributed by atoms with van der Waals surface area (Å²) >= 11 is 0. The fourth-order valence-electron chi connectivity index (χ4n) is 1.86. The standard InChI is InChI=1S/C15H34N4/c1-7-19(6)12-11-17-15(16-5)18-14(4)10-8-9-13(2)3/h13-14H,7-12H2,1-6H3,(H2,16,17,18). The Morgan fingerprint density at radius 1 is 1.21 bits per heavy atom. The van der Waals surface area contributed by atoms with Gasteiger partial charge in [0.15, 0.2) is 5.96 Å². The normalized spacial score (nSPS) is 14.0. The number of aliphatic imine (C=N–C) groups is 1. The van der Waals surface area contributed by atoms with Crippen LogP contribution >= 0.6 is 0 Å². The van der Waals surface area contributed by atoms with Crippen molar-refractivity contribution >= 4 is 5.96 Å². The van der Waals surface area contributed by atoms with Crippen LogP contribution in [0.3, 0.4) is 0 Å². The van der Waals surface area contributed by atoms with Gasteiger partial charge in [-0.15, -0.1) is 0 Å². The lowest BCUT2D eigenvalue weighted by Crippen LogP contribution is -2.44. The molecular weight excluding hydrogens is 236 g/mol. The largest absolute Gasteiger partial charge is 0.355 e. The van der Waals surface area contributed by atoms with Crippen molar-refractivity contribution in [1.29, 1.82) is 0 Å². The van der Waals surface area contributed by atoms with E-state index < -0.39 is 0 Å². The molecule has 0 bridgehead atoms. The first kappa shape index (κ1) is 18.2. The van der Waals surface area contributed by atoms with Gasteiger partial charge >= 0.3 is 0 Å². The molecule has 0 aromatic carbocycles. The Bertz CT molecular complexity index is 238. The Hall–Kier alpha value is -0.770. The molecular formula is C15H34N4.